The van der Waals surface area contributed by atoms with Gasteiger partial charge in [-0.3, -0.25) is 4.18 Å². The molecule has 0 spiro atoms. The molecule has 0 N–H and O–H groups in total. The summed E-state index contributed by atoms with van der Waals surface area (Å²) in [6, 6.07) is 8.00. The molecule has 1 aromatic carbocycles. The summed E-state index contributed by atoms with van der Waals surface area (Å²) in [6.07, 6.45) is 4.86. The molecular weight excluding hydrogens is 302 g/mol. The van der Waals surface area contributed by atoms with Crippen LogP contribution < -0.4 is 0 Å². The monoisotopic (exact) mass is 330 g/mol. The molecule has 0 atom stereocenters. The van der Waals surface area contributed by atoms with Gasteiger partial charge in [-0.15, -0.1) is 0 Å². The maximum Gasteiger partial charge on any atom is 0.296 e. The number of hydrogen-bond donors (Lipinski definition) is 0. The summed E-state index contributed by atoms with van der Waals surface area (Å²) < 4.78 is 32.5. The summed E-state index contributed by atoms with van der Waals surface area (Å²) in [7, 11) is 4.12. The second-order valence-electron chi connectivity index (χ2n) is 5.60. The van der Waals surface area contributed by atoms with Crippen LogP contribution in [0.5, 0.6) is 0 Å². The third kappa shape index (κ3) is 10.4. The number of likely N-dealkylation sites (N-methyl/N-ethyl adjacent to an activating group) is 1. The molecule has 0 heterocycles. The van der Waals surface area contributed by atoms with Gasteiger partial charge in [-0.05, 0) is 18.6 Å². The highest BCUT2D eigenvalue weighted by atomic mass is 32.2. The minimum atomic E-state index is -3.50. The Morgan fingerprint density at radius 2 is 1.73 bits per heavy atom. The van der Waals surface area contributed by atoms with E-state index in [4.69, 9.17) is 4.74 Å². The fourth-order valence-electron chi connectivity index (χ4n) is 1.24. The van der Waals surface area contributed by atoms with Crippen LogP contribution in [0.15, 0.2) is 47.6 Å². The van der Waals surface area contributed by atoms with E-state index >= 15 is 0 Å². The standard InChI is InChI=1S/C9H20NO.C7H8O3S/c1-5-6-8-11-9-7-10(2,3)4;1-10-11(8,9)7-5-3-2-4-6-7/h6,8H,5,7,9H2,1-4H3;2-6H,1H3/q+1;. The van der Waals surface area contributed by atoms with Crippen LogP contribution in [0, 0.1) is 0 Å². The van der Waals surface area contributed by atoms with Crippen molar-refractivity contribution < 1.29 is 21.8 Å². The van der Waals surface area contributed by atoms with Gasteiger partial charge in [0.05, 0.1) is 39.4 Å². The lowest BCUT2D eigenvalue weighted by Gasteiger charge is -2.23. The summed E-state index contributed by atoms with van der Waals surface area (Å²) in [5, 5.41) is 0. The average Bonchev–Trinajstić information content (AvgIpc) is 2.47. The molecule has 0 radical (unpaired) electrons. The Morgan fingerprint density at radius 3 is 2.18 bits per heavy atom. The molecule has 126 valence electrons. The van der Waals surface area contributed by atoms with Crippen molar-refractivity contribution in [1.82, 2.24) is 0 Å². The lowest BCUT2D eigenvalue weighted by molar-refractivity contribution is -0.870. The van der Waals surface area contributed by atoms with E-state index in [1.54, 1.807) is 24.5 Å². The fourth-order valence-corrected chi connectivity index (χ4v) is 1.93. The molecule has 0 bridgehead atoms. The Morgan fingerprint density at radius 1 is 1.14 bits per heavy atom. The largest absolute Gasteiger partial charge is 0.496 e. The molecular formula is C16H28NO4S+. The summed E-state index contributed by atoms with van der Waals surface area (Å²) in [5.74, 6) is 0. The molecule has 0 amide bonds. The van der Waals surface area contributed by atoms with Gasteiger partial charge in [0, 0.05) is 0 Å². The third-order valence-electron chi connectivity index (χ3n) is 2.56. The molecule has 0 aromatic heterocycles. The zero-order valence-electron chi connectivity index (χ0n) is 14.2. The van der Waals surface area contributed by atoms with Gasteiger partial charge in [0.2, 0.25) is 0 Å². The van der Waals surface area contributed by atoms with E-state index in [2.05, 4.69) is 32.2 Å². The van der Waals surface area contributed by atoms with Crippen molar-refractivity contribution in [3.05, 3.63) is 42.7 Å². The quantitative estimate of drug-likeness (QED) is 0.334. The number of quaternary nitrogens is 1. The molecule has 5 nitrogen and oxygen atoms in total. The molecule has 0 fully saturated rings. The Hall–Kier alpha value is -1.37. The van der Waals surface area contributed by atoms with E-state index in [-0.39, 0.29) is 4.90 Å². The number of allylic oxidation sites excluding steroid dienone is 1. The van der Waals surface area contributed by atoms with Crippen molar-refractivity contribution in [3.63, 3.8) is 0 Å². The predicted molar refractivity (Wildman–Crippen MR) is 88.9 cm³/mol. The molecule has 0 saturated carbocycles. The summed E-state index contributed by atoms with van der Waals surface area (Å²) in [6.45, 7) is 3.95. The maximum absolute atomic E-state index is 11.0. The van der Waals surface area contributed by atoms with Crippen molar-refractivity contribution in [3.8, 4) is 0 Å². The summed E-state index contributed by atoms with van der Waals surface area (Å²) in [5.41, 5.74) is 0. The zero-order chi connectivity index (χ0) is 17.1. The van der Waals surface area contributed by atoms with E-state index in [1.165, 1.54) is 12.1 Å². The fraction of sp³-hybridized carbons (Fsp3) is 0.500. The summed E-state index contributed by atoms with van der Waals surface area (Å²) >= 11 is 0. The second-order valence-corrected chi connectivity index (χ2v) is 7.31. The van der Waals surface area contributed by atoms with Crippen LogP contribution in [0.1, 0.15) is 13.3 Å². The Balaban J connectivity index is 0.000000401. The molecule has 1 rings (SSSR count). The molecule has 0 aliphatic carbocycles. The average molecular weight is 330 g/mol. The highest BCUT2D eigenvalue weighted by Crippen LogP contribution is 2.09. The van der Waals surface area contributed by atoms with Crippen LogP contribution in [0.3, 0.4) is 0 Å². The van der Waals surface area contributed by atoms with Gasteiger partial charge in [0.1, 0.15) is 13.2 Å². The Kier molecular flexibility index (Phi) is 9.73. The van der Waals surface area contributed by atoms with Gasteiger partial charge >= 0.3 is 0 Å². The van der Waals surface area contributed by atoms with Crippen LogP contribution in [0.2, 0.25) is 0 Å². The molecule has 6 heteroatoms. The van der Waals surface area contributed by atoms with Crippen LogP contribution in [0.4, 0.5) is 0 Å². The number of benzene rings is 1. The van der Waals surface area contributed by atoms with Crippen LogP contribution in [-0.4, -0.2) is 54.3 Å². The van der Waals surface area contributed by atoms with Crippen molar-refractivity contribution in [2.24, 2.45) is 0 Å². The lowest BCUT2D eigenvalue weighted by atomic mass is 10.4. The molecule has 0 saturated heterocycles. The van der Waals surface area contributed by atoms with E-state index in [0.717, 1.165) is 31.2 Å². The lowest BCUT2D eigenvalue weighted by Crippen LogP contribution is -2.37. The first-order chi connectivity index (χ1) is 10.2. The zero-order valence-corrected chi connectivity index (χ0v) is 15.0. The summed E-state index contributed by atoms with van der Waals surface area (Å²) in [4.78, 5) is 0.183. The first kappa shape index (κ1) is 20.6. The van der Waals surface area contributed by atoms with Gasteiger partial charge < -0.3 is 9.22 Å². The smallest absolute Gasteiger partial charge is 0.296 e. The van der Waals surface area contributed by atoms with E-state index in [0.29, 0.717) is 0 Å². The Labute approximate surface area is 134 Å². The number of ether oxygens (including phenoxy) is 1. The van der Waals surface area contributed by atoms with Gasteiger partial charge in [-0.2, -0.15) is 8.42 Å². The van der Waals surface area contributed by atoms with E-state index < -0.39 is 10.1 Å². The van der Waals surface area contributed by atoms with Gasteiger partial charge in [0.25, 0.3) is 10.1 Å². The van der Waals surface area contributed by atoms with E-state index in [9.17, 15) is 8.42 Å². The van der Waals surface area contributed by atoms with Crippen LogP contribution in [-0.2, 0) is 19.0 Å². The molecule has 0 unspecified atom stereocenters. The van der Waals surface area contributed by atoms with Crippen LogP contribution >= 0.6 is 0 Å². The molecule has 1 aromatic rings. The highest BCUT2D eigenvalue weighted by Gasteiger charge is 2.10. The first-order valence-electron chi connectivity index (χ1n) is 7.15. The van der Waals surface area contributed by atoms with Crippen molar-refractivity contribution in [2.45, 2.75) is 18.2 Å². The number of nitrogens with zero attached hydrogens (tertiary/aromatic N) is 1. The van der Waals surface area contributed by atoms with Crippen molar-refractivity contribution in [2.75, 3.05) is 41.4 Å². The minimum Gasteiger partial charge on any atom is -0.496 e. The maximum atomic E-state index is 11.0. The van der Waals surface area contributed by atoms with Gasteiger partial charge in [-0.25, -0.2) is 0 Å². The van der Waals surface area contributed by atoms with Crippen LogP contribution in [0.25, 0.3) is 0 Å². The third-order valence-corrected chi connectivity index (χ3v) is 3.85. The topological polar surface area (TPSA) is 52.6 Å². The van der Waals surface area contributed by atoms with E-state index in [1.807, 2.05) is 6.08 Å². The highest BCUT2D eigenvalue weighted by molar-refractivity contribution is 7.86. The van der Waals surface area contributed by atoms with Gasteiger partial charge in [-0.1, -0.05) is 31.2 Å². The SMILES string of the molecule is CCC=COCC[N+](C)(C)C.COS(=O)(=O)c1ccccc1. The second kappa shape index (κ2) is 10.4. The molecule has 0 aliphatic heterocycles. The van der Waals surface area contributed by atoms with Crippen molar-refractivity contribution in [1.29, 1.82) is 0 Å². The number of rotatable bonds is 7. The normalized spacial score (nSPS) is 11.9. The van der Waals surface area contributed by atoms with Crippen molar-refractivity contribution >= 4 is 10.1 Å². The minimum absolute atomic E-state index is 0.183. The predicted octanol–water partition coefficient (Wildman–Crippen LogP) is 2.65. The number of hydrogen-bond acceptors (Lipinski definition) is 4. The Bertz CT molecular complexity index is 519. The van der Waals surface area contributed by atoms with Gasteiger partial charge in [0.15, 0.2) is 0 Å². The molecule has 22 heavy (non-hydrogen) atoms. The first-order valence-corrected chi connectivity index (χ1v) is 8.56. The molecule has 0 aliphatic rings.